The molecule has 0 fully saturated rings. The molecule has 0 aliphatic carbocycles. The van der Waals surface area contributed by atoms with E-state index in [1.165, 1.54) is 6.92 Å². The van der Waals surface area contributed by atoms with E-state index in [-0.39, 0.29) is 30.8 Å². The topological polar surface area (TPSA) is 108 Å². The van der Waals surface area contributed by atoms with Crippen LogP contribution >= 0.6 is 0 Å². The largest absolute Gasteiger partial charge is 0.421 e. The van der Waals surface area contributed by atoms with Gasteiger partial charge in [0.25, 0.3) is 0 Å². The Morgan fingerprint density at radius 3 is 2.78 bits per heavy atom. The van der Waals surface area contributed by atoms with Crippen molar-refractivity contribution in [3.8, 4) is 0 Å². The van der Waals surface area contributed by atoms with Crippen molar-refractivity contribution in [1.29, 1.82) is 0 Å². The molecule has 27 heavy (non-hydrogen) atoms. The van der Waals surface area contributed by atoms with Crippen molar-refractivity contribution in [1.82, 2.24) is 25.3 Å². The molecule has 4 N–H and O–H groups in total. The Hall–Kier alpha value is -3.37. The molecule has 1 amide bonds. The predicted octanol–water partition coefficient (Wildman–Crippen LogP) is 2.66. The molecule has 0 saturated carbocycles. The molecular formula is C16H16F3N7O. The zero-order chi connectivity index (χ0) is 19.4. The van der Waals surface area contributed by atoms with E-state index in [0.717, 1.165) is 5.52 Å². The van der Waals surface area contributed by atoms with Crippen molar-refractivity contribution in [2.75, 3.05) is 23.7 Å². The van der Waals surface area contributed by atoms with Crippen LogP contribution in [0.5, 0.6) is 0 Å². The Labute approximate surface area is 151 Å². The Bertz CT molecular complexity index is 955. The number of hydrogen-bond acceptors (Lipinski definition) is 6. The maximum atomic E-state index is 13.2. The van der Waals surface area contributed by atoms with Crippen LogP contribution in [0.4, 0.5) is 30.6 Å². The molecule has 142 valence electrons. The molecule has 0 spiro atoms. The number of alkyl halides is 3. The maximum absolute atomic E-state index is 13.2. The number of fused-ring (bicyclic) bond motifs is 1. The Kier molecular flexibility index (Phi) is 5.10. The molecule has 0 radical (unpaired) electrons. The normalized spacial score (nSPS) is 11.4. The second kappa shape index (κ2) is 7.48. The summed E-state index contributed by atoms with van der Waals surface area (Å²) in [5.74, 6) is -0.641. The minimum Gasteiger partial charge on any atom is -0.368 e. The highest BCUT2D eigenvalue weighted by Gasteiger charge is 2.35. The van der Waals surface area contributed by atoms with Gasteiger partial charge in [0.2, 0.25) is 11.9 Å². The van der Waals surface area contributed by atoms with E-state index in [2.05, 4.69) is 35.9 Å². The van der Waals surface area contributed by atoms with Crippen LogP contribution in [0.25, 0.3) is 11.0 Å². The number of aromatic nitrogens is 4. The van der Waals surface area contributed by atoms with Gasteiger partial charge in [-0.3, -0.25) is 4.79 Å². The number of nitrogens with zero attached hydrogens (tertiary/aromatic N) is 3. The third-order valence-electron chi connectivity index (χ3n) is 3.56. The number of hydrogen-bond donors (Lipinski definition) is 4. The standard InChI is InChI=1S/C16H16F3N7O/c1-9(27)20-4-5-21-14-11(16(17,18)19)7-22-15(26-14)25-10-2-3-12-13(6-10)24-8-23-12/h2-3,6-8H,4-5H2,1H3,(H,20,27)(H,23,24)(H2,21,22,25,26). The van der Waals surface area contributed by atoms with Crippen molar-refractivity contribution in [2.24, 2.45) is 0 Å². The highest BCUT2D eigenvalue weighted by Crippen LogP contribution is 2.34. The molecule has 0 aliphatic heterocycles. The first kappa shape index (κ1) is 18.4. The summed E-state index contributed by atoms with van der Waals surface area (Å²) in [6.07, 6.45) is -2.36. The number of imidazole rings is 1. The van der Waals surface area contributed by atoms with Crippen LogP contribution in [0.15, 0.2) is 30.7 Å². The summed E-state index contributed by atoms with van der Waals surface area (Å²) in [5, 5.41) is 7.94. The van der Waals surface area contributed by atoms with E-state index >= 15 is 0 Å². The fourth-order valence-corrected chi connectivity index (χ4v) is 2.34. The third kappa shape index (κ3) is 4.63. The lowest BCUT2D eigenvalue weighted by atomic mass is 10.2. The van der Waals surface area contributed by atoms with Crippen LogP contribution < -0.4 is 16.0 Å². The zero-order valence-corrected chi connectivity index (χ0v) is 14.2. The first-order valence-corrected chi connectivity index (χ1v) is 7.95. The van der Waals surface area contributed by atoms with Gasteiger partial charge < -0.3 is 20.9 Å². The molecule has 0 atom stereocenters. The van der Waals surface area contributed by atoms with Crippen molar-refractivity contribution >= 4 is 34.4 Å². The van der Waals surface area contributed by atoms with Gasteiger partial charge in [0, 0.05) is 31.9 Å². The molecule has 1 aromatic carbocycles. The summed E-state index contributed by atoms with van der Waals surface area (Å²) in [4.78, 5) is 25.6. The fourth-order valence-electron chi connectivity index (χ4n) is 2.34. The fraction of sp³-hybridized carbons (Fsp3) is 0.250. The molecular weight excluding hydrogens is 363 g/mol. The predicted molar refractivity (Wildman–Crippen MR) is 93.6 cm³/mol. The zero-order valence-electron chi connectivity index (χ0n) is 14.2. The second-order valence-corrected chi connectivity index (χ2v) is 5.62. The number of halogens is 3. The molecule has 11 heteroatoms. The van der Waals surface area contributed by atoms with Crippen LogP contribution in [-0.4, -0.2) is 38.9 Å². The van der Waals surface area contributed by atoms with Crippen molar-refractivity contribution < 1.29 is 18.0 Å². The van der Waals surface area contributed by atoms with Gasteiger partial charge in [0.15, 0.2) is 0 Å². The summed E-state index contributed by atoms with van der Waals surface area (Å²) in [6.45, 7) is 1.57. The first-order chi connectivity index (χ1) is 12.8. The van der Waals surface area contributed by atoms with Gasteiger partial charge in [-0.25, -0.2) is 9.97 Å². The second-order valence-electron chi connectivity index (χ2n) is 5.62. The average molecular weight is 379 g/mol. The summed E-state index contributed by atoms with van der Waals surface area (Å²) in [7, 11) is 0. The van der Waals surface area contributed by atoms with Crippen LogP contribution in [0.3, 0.4) is 0 Å². The molecule has 2 aromatic heterocycles. The molecule has 0 unspecified atom stereocenters. The number of carbonyl (C=O) groups excluding carboxylic acids is 1. The smallest absolute Gasteiger partial charge is 0.368 e. The quantitative estimate of drug-likeness (QED) is 0.491. The lowest BCUT2D eigenvalue weighted by molar-refractivity contribution is -0.137. The first-order valence-electron chi connectivity index (χ1n) is 7.95. The monoisotopic (exact) mass is 379 g/mol. The number of benzene rings is 1. The van der Waals surface area contributed by atoms with Crippen LogP contribution in [0.2, 0.25) is 0 Å². The number of carbonyl (C=O) groups is 1. The van der Waals surface area contributed by atoms with Crippen LogP contribution in [0.1, 0.15) is 12.5 Å². The van der Waals surface area contributed by atoms with E-state index in [1.54, 1.807) is 24.5 Å². The lowest BCUT2D eigenvalue weighted by Crippen LogP contribution is -2.27. The van der Waals surface area contributed by atoms with Gasteiger partial charge in [-0.05, 0) is 18.2 Å². The van der Waals surface area contributed by atoms with Gasteiger partial charge in [-0.2, -0.15) is 18.2 Å². The Morgan fingerprint density at radius 2 is 2.04 bits per heavy atom. The number of H-pyrrole nitrogens is 1. The lowest BCUT2D eigenvalue weighted by Gasteiger charge is -2.15. The van der Waals surface area contributed by atoms with E-state index in [9.17, 15) is 18.0 Å². The summed E-state index contributed by atoms with van der Waals surface area (Å²) < 4.78 is 39.5. The van der Waals surface area contributed by atoms with Crippen LogP contribution in [-0.2, 0) is 11.0 Å². The number of amides is 1. The van der Waals surface area contributed by atoms with Gasteiger partial charge in [0.1, 0.15) is 11.4 Å². The van der Waals surface area contributed by atoms with E-state index in [1.807, 2.05) is 0 Å². The average Bonchev–Trinajstić information content (AvgIpc) is 3.05. The number of aromatic amines is 1. The molecule has 2 heterocycles. The molecule has 0 bridgehead atoms. The molecule has 0 saturated heterocycles. The maximum Gasteiger partial charge on any atom is 0.421 e. The number of nitrogens with one attached hydrogen (secondary N) is 4. The van der Waals surface area contributed by atoms with Gasteiger partial charge in [-0.1, -0.05) is 0 Å². The summed E-state index contributed by atoms with van der Waals surface area (Å²) >= 11 is 0. The molecule has 8 nitrogen and oxygen atoms in total. The van der Waals surface area contributed by atoms with Gasteiger partial charge in [0.05, 0.1) is 17.4 Å². The number of rotatable bonds is 6. The SMILES string of the molecule is CC(=O)NCCNc1nc(Nc2ccc3[nH]cnc3c2)ncc1C(F)(F)F. The van der Waals surface area contributed by atoms with E-state index in [0.29, 0.717) is 17.4 Å². The van der Waals surface area contributed by atoms with Gasteiger partial charge >= 0.3 is 6.18 Å². The highest BCUT2D eigenvalue weighted by atomic mass is 19.4. The molecule has 3 aromatic rings. The highest BCUT2D eigenvalue weighted by molar-refractivity contribution is 5.79. The van der Waals surface area contributed by atoms with Crippen molar-refractivity contribution in [3.05, 3.63) is 36.3 Å². The summed E-state index contributed by atoms with van der Waals surface area (Å²) in [5.41, 5.74) is 1.12. The van der Waals surface area contributed by atoms with Gasteiger partial charge in [-0.15, -0.1) is 0 Å². The Balaban J connectivity index is 1.80. The van der Waals surface area contributed by atoms with Crippen molar-refractivity contribution in [2.45, 2.75) is 13.1 Å². The minimum atomic E-state index is -4.61. The van der Waals surface area contributed by atoms with Crippen LogP contribution in [0, 0.1) is 0 Å². The summed E-state index contributed by atoms with van der Waals surface area (Å²) in [6, 6.07) is 5.23. The van der Waals surface area contributed by atoms with E-state index in [4.69, 9.17) is 0 Å². The number of anilines is 3. The molecule has 0 aliphatic rings. The van der Waals surface area contributed by atoms with E-state index < -0.39 is 11.7 Å². The Morgan fingerprint density at radius 1 is 1.22 bits per heavy atom. The van der Waals surface area contributed by atoms with Crippen molar-refractivity contribution in [3.63, 3.8) is 0 Å². The molecule has 3 rings (SSSR count). The third-order valence-corrected chi connectivity index (χ3v) is 3.56. The minimum absolute atomic E-state index is 0.0000807.